The molecule has 0 bridgehead atoms. The summed E-state index contributed by atoms with van der Waals surface area (Å²) in [5.74, 6) is 0.311. The molecule has 2 rings (SSSR count). The topological polar surface area (TPSA) is 89.0 Å². The van der Waals surface area contributed by atoms with E-state index in [1.54, 1.807) is 25.1 Å². The molecular formula is C21H25N3O4. The van der Waals surface area contributed by atoms with Gasteiger partial charge in [0.15, 0.2) is 0 Å². The quantitative estimate of drug-likeness (QED) is 0.540. The Morgan fingerprint density at radius 3 is 2.36 bits per heavy atom. The number of aryl methyl sites for hydroxylation is 1. The van der Waals surface area contributed by atoms with Gasteiger partial charge in [-0.25, -0.2) is 5.43 Å². The lowest BCUT2D eigenvalue weighted by Crippen LogP contribution is -2.22. The molecule has 2 amide bonds. The van der Waals surface area contributed by atoms with Crippen LogP contribution in [0.1, 0.15) is 36.2 Å². The molecule has 2 aromatic rings. The smallest absolute Gasteiger partial charge is 0.275 e. The molecule has 28 heavy (non-hydrogen) atoms. The van der Waals surface area contributed by atoms with Gasteiger partial charge < -0.3 is 14.8 Å². The second-order valence-corrected chi connectivity index (χ2v) is 6.13. The van der Waals surface area contributed by atoms with Crippen LogP contribution in [0.2, 0.25) is 0 Å². The number of hydrogen-bond acceptors (Lipinski definition) is 5. The van der Waals surface area contributed by atoms with Gasteiger partial charge in [0.05, 0.1) is 26.2 Å². The number of methoxy groups -OCH3 is 2. The molecule has 0 saturated heterocycles. The number of carbonyl (C=O) groups excluding carboxylic acids is 2. The molecule has 0 atom stereocenters. The summed E-state index contributed by atoms with van der Waals surface area (Å²) in [7, 11) is 3.00. The third kappa shape index (κ3) is 5.84. The Bertz CT molecular complexity index is 860. The van der Waals surface area contributed by atoms with Crippen LogP contribution in [0.15, 0.2) is 47.6 Å². The molecule has 0 fully saturated rings. The summed E-state index contributed by atoms with van der Waals surface area (Å²) >= 11 is 0. The highest BCUT2D eigenvalue weighted by atomic mass is 16.5. The number of amides is 2. The summed E-state index contributed by atoms with van der Waals surface area (Å²) in [6.45, 7) is 3.74. The summed E-state index contributed by atoms with van der Waals surface area (Å²) in [6, 6.07) is 12.5. The second-order valence-electron chi connectivity index (χ2n) is 6.13. The average Bonchev–Trinajstić information content (AvgIpc) is 2.71. The maximum atomic E-state index is 12.3. The lowest BCUT2D eigenvalue weighted by atomic mass is 10.1. The van der Waals surface area contributed by atoms with Crippen molar-refractivity contribution < 1.29 is 19.1 Å². The van der Waals surface area contributed by atoms with Gasteiger partial charge in [-0.1, -0.05) is 19.1 Å². The minimum absolute atomic E-state index is 0.0650. The maximum Gasteiger partial charge on any atom is 0.275 e. The first-order valence-electron chi connectivity index (χ1n) is 8.91. The van der Waals surface area contributed by atoms with E-state index >= 15 is 0 Å². The molecule has 0 spiro atoms. The number of hydrazone groups is 1. The van der Waals surface area contributed by atoms with Crippen molar-refractivity contribution in [3.05, 3.63) is 53.6 Å². The summed E-state index contributed by atoms with van der Waals surface area (Å²) in [5.41, 5.74) is 5.16. The number of benzene rings is 2. The Morgan fingerprint density at radius 1 is 1.04 bits per heavy atom. The fourth-order valence-corrected chi connectivity index (χ4v) is 2.49. The second kappa shape index (κ2) is 10.1. The van der Waals surface area contributed by atoms with Crippen LogP contribution in [0.5, 0.6) is 11.5 Å². The average molecular weight is 383 g/mol. The minimum atomic E-state index is -0.436. The van der Waals surface area contributed by atoms with Gasteiger partial charge in [0.2, 0.25) is 5.91 Å². The zero-order valence-corrected chi connectivity index (χ0v) is 16.5. The molecule has 0 aliphatic heterocycles. The van der Waals surface area contributed by atoms with E-state index in [9.17, 15) is 9.59 Å². The van der Waals surface area contributed by atoms with Gasteiger partial charge in [0.1, 0.15) is 11.5 Å². The van der Waals surface area contributed by atoms with Gasteiger partial charge in [0.25, 0.3) is 5.91 Å². The van der Waals surface area contributed by atoms with E-state index in [0.717, 1.165) is 12.1 Å². The van der Waals surface area contributed by atoms with Crippen LogP contribution in [0, 0.1) is 0 Å². The molecule has 0 aromatic heterocycles. The number of ether oxygens (including phenoxy) is 2. The Morgan fingerprint density at radius 2 is 1.75 bits per heavy atom. The van der Waals surface area contributed by atoms with Crippen LogP contribution in [0.3, 0.4) is 0 Å². The number of hydrogen-bond donors (Lipinski definition) is 2. The van der Waals surface area contributed by atoms with Crippen LogP contribution in [0.25, 0.3) is 0 Å². The highest BCUT2D eigenvalue weighted by Gasteiger charge is 2.13. The fourth-order valence-electron chi connectivity index (χ4n) is 2.49. The summed E-state index contributed by atoms with van der Waals surface area (Å²) in [4.78, 5) is 24.5. The van der Waals surface area contributed by atoms with E-state index in [-0.39, 0.29) is 12.3 Å². The van der Waals surface area contributed by atoms with Crippen molar-refractivity contribution in [2.45, 2.75) is 26.7 Å². The van der Waals surface area contributed by atoms with E-state index in [1.165, 1.54) is 19.8 Å². The van der Waals surface area contributed by atoms with Crippen molar-refractivity contribution >= 4 is 23.2 Å². The van der Waals surface area contributed by atoms with Crippen LogP contribution >= 0.6 is 0 Å². The van der Waals surface area contributed by atoms with Crippen molar-refractivity contribution in [3.63, 3.8) is 0 Å². The van der Waals surface area contributed by atoms with Crippen LogP contribution in [-0.2, 0) is 11.2 Å². The largest absolute Gasteiger partial charge is 0.497 e. The minimum Gasteiger partial charge on any atom is -0.497 e. The number of nitrogens with one attached hydrogen (secondary N) is 2. The molecule has 0 unspecified atom stereocenters. The molecular weight excluding hydrogens is 358 g/mol. The molecule has 0 saturated carbocycles. The van der Waals surface area contributed by atoms with Gasteiger partial charge in [-0.3, -0.25) is 9.59 Å². The first-order valence-corrected chi connectivity index (χ1v) is 8.91. The first-order chi connectivity index (χ1) is 13.5. The Labute approximate surface area is 164 Å². The van der Waals surface area contributed by atoms with Gasteiger partial charge in [0, 0.05) is 17.5 Å². The molecule has 7 heteroatoms. The van der Waals surface area contributed by atoms with Crippen LogP contribution < -0.4 is 20.2 Å². The zero-order chi connectivity index (χ0) is 20.5. The van der Waals surface area contributed by atoms with E-state index in [0.29, 0.717) is 22.8 Å². The number of rotatable bonds is 8. The third-order valence-corrected chi connectivity index (χ3v) is 4.06. The summed E-state index contributed by atoms with van der Waals surface area (Å²) in [5, 5.41) is 6.80. The van der Waals surface area contributed by atoms with Gasteiger partial charge in [-0.05, 0) is 43.2 Å². The molecule has 2 N–H and O–H groups in total. The third-order valence-electron chi connectivity index (χ3n) is 4.06. The molecule has 0 radical (unpaired) electrons. The predicted molar refractivity (Wildman–Crippen MR) is 109 cm³/mol. The number of nitrogens with zero attached hydrogens (tertiary/aromatic N) is 1. The SMILES string of the molecule is CCc1ccc(NC(=O)C/C(C)=N\NC(=O)c2ccc(OC)cc2OC)cc1. The molecule has 2 aromatic carbocycles. The Hall–Kier alpha value is -3.35. The number of anilines is 1. The summed E-state index contributed by atoms with van der Waals surface area (Å²) < 4.78 is 10.3. The van der Waals surface area contributed by atoms with E-state index in [2.05, 4.69) is 22.8 Å². The molecule has 0 aliphatic carbocycles. The Balaban J connectivity index is 1.94. The zero-order valence-electron chi connectivity index (χ0n) is 16.5. The van der Waals surface area contributed by atoms with Crippen LogP contribution in [0.4, 0.5) is 5.69 Å². The van der Waals surface area contributed by atoms with Crippen molar-refractivity contribution in [2.75, 3.05) is 19.5 Å². The first kappa shape index (κ1) is 21.0. The van der Waals surface area contributed by atoms with Gasteiger partial charge in [-0.15, -0.1) is 0 Å². The lowest BCUT2D eigenvalue weighted by Gasteiger charge is -2.09. The van der Waals surface area contributed by atoms with E-state index in [1.807, 2.05) is 24.3 Å². The van der Waals surface area contributed by atoms with Crippen molar-refractivity contribution in [3.8, 4) is 11.5 Å². The van der Waals surface area contributed by atoms with Gasteiger partial charge in [-0.2, -0.15) is 5.10 Å². The van der Waals surface area contributed by atoms with Crippen molar-refractivity contribution in [2.24, 2.45) is 5.10 Å². The highest BCUT2D eigenvalue weighted by molar-refractivity contribution is 6.06. The maximum absolute atomic E-state index is 12.3. The standard InChI is InChI=1S/C21H25N3O4/c1-5-15-6-8-16(9-7-15)22-20(25)12-14(2)23-24-21(26)18-11-10-17(27-3)13-19(18)28-4/h6-11,13H,5,12H2,1-4H3,(H,22,25)(H,24,26)/b23-14-. The monoisotopic (exact) mass is 383 g/mol. The molecule has 0 aliphatic rings. The predicted octanol–water partition coefficient (Wildman–Crippen LogP) is 3.40. The van der Waals surface area contributed by atoms with E-state index < -0.39 is 5.91 Å². The summed E-state index contributed by atoms with van der Waals surface area (Å²) in [6.07, 6.45) is 1.01. The molecule has 7 nitrogen and oxygen atoms in total. The Kier molecular flexibility index (Phi) is 7.56. The van der Waals surface area contributed by atoms with E-state index in [4.69, 9.17) is 9.47 Å². The highest BCUT2D eigenvalue weighted by Crippen LogP contribution is 2.24. The normalized spacial score (nSPS) is 10.9. The van der Waals surface area contributed by atoms with Crippen molar-refractivity contribution in [1.29, 1.82) is 0 Å². The molecule has 148 valence electrons. The van der Waals surface area contributed by atoms with Gasteiger partial charge >= 0.3 is 0 Å². The van der Waals surface area contributed by atoms with Crippen LogP contribution in [-0.4, -0.2) is 31.7 Å². The van der Waals surface area contributed by atoms with Crippen molar-refractivity contribution in [1.82, 2.24) is 5.43 Å². The fraction of sp³-hybridized carbons (Fsp3) is 0.286. The number of carbonyl (C=O) groups is 2. The lowest BCUT2D eigenvalue weighted by molar-refractivity contribution is -0.115. The molecule has 0 heterocycles.